The number of nitrogens with one attached hydrogen (secondary N) is 1. The van der Waals surface area contributed by atoms with Crippen LogP contribution < -0.4 is 11.1 Å². The summed E-state index contributed by atoms with van der Waals surface area (Å²) in [4.78, 5) is 4.92. The quantitative estimate of drug-likeness (QED) is 0.714. The topological polar surface area (TPSA) is 59.6 Å². The van der Waals surface area contributed by atoms with E-state index in [9.17, 15) is 0 Å². The van der Waals surface area contributed by atoms with E-state index in [4.69, 9.17) is 10.6 Å². The van der Waals surface area contributed by atoms with Crippen LogP contribution in [0.25, 0.3) is 0 Å². The molecule has 0 aromatic carbocycles. The highest BCUT2D eigenvalue weighted by Crippen LogP contribution is 2.38. The van der Waals surface area contributed by atoms with Gasteiger partial charge < -0.3 is 15.9 Å². The highest BCUT2D eigenvalue weighted by Gasteiger charge is 2.32. The van der Waals surface area contributed by atoms with E-state index in [0.717, 1.165) is 18.8 Å². The van der Waals surface area contributed by atoms with Crippen LogP contribution in [0.3, 0.4) is 0 Å². The van der Waals surface area contributed by atoms with E-state index in [-0.39, 0.29) is 5.41 Å². The number of hydrogen-bond acceptors (Lipinski definition) is 4. The number of amidine groups is 1. The predicted molar refractivity (Wildman–Crippen MR) is 55.7 cm³/mol. The molecule has 80 valence electrons. The standard InChI is InChI=1S/C10H19N3O/c11-7-10(4-2-1-3-5-10)6-9-12-8-14-13-9/h1-8,11H2,(H,12,13). The van der Waals surface area contributed by atoms with E-state index in [1.807, 2.05) is 0 Å². The molecule has 2 rings (SSSR count). The molecule has 0 atom stereocenters. The van der Waals surface area contributed by atoms with Gasteiger partial charge in [-0.05, 0) is 24.8 Å². The normalized spacial score (nSPS) is 25.1. The van der Waals surface area contributed by atoms with E-state index < -0.39 is 0 Å². The van der Waals surface area contributed by atoms with Gasteiger partial charge in [-0.2, -0.15) is 0 Å². The van der Waals surface area contributed by atoms with Crippen molar-refractivity contribution in [2.24, 2.45) is 16.3 Å². The van der Waals surface area contributed by atoms with Gasteiger partial charge in [0.1, 0.15) is 5.84 Å². The lowest BCUT2D eigenvalue weighted by Gasteiger charge is -2.35. The Morgan fingerprint density at radius 2 is 2.14 bits per heavy atom. The number of nitrogens with zero attached hydrogens (tertiary/aromatic N) is 1. The Morgan fingerprint density at radius 3 is 2.71 bits per heavy atom. The third-order valence-corrected chi connectivity index (χ3v) is 3.41. The van der Waals surface area contributed by atoms with Crippen LogP contribution in [0.5, 0.6) is 0 Å². The van der Waals surface area contributed by atoms with Crippen LogP contribution >= 0.6 is 0 Å². The Kier molecular flexibility index (Phi) is 2.91. The van der Waals surface area contributed by atoms with Gasteiger partial charge in [-0.1, -0.05) is 24.4 Å². The van der Waals surface area contributed by atoms with Crippen molar-refractivity contribution in [3.05, 3.63) is 0 Å². The van der Waals surface area contributed by atoms with Gasteiger partial charge in [-0.15, -0.1) is 0 Å². The minimum Gasteiger partial charge on any atom is -0.372 e. The molecule has 0 aromatic heterocycles. The largest absolute Gasteiger partial charge is 0.372 e. The predicted octanol–water partition coefficient (Wildman–Crippen LogP) is 1.18. The van der Waals surface area contributed by atoms with Crippen LogP contribution in [0.4, 0.5) is 0 Å². The second-order valence-electron chi connectivity index (χ2n) is 4.43. The van der Waals surface area contributed by atoms with Crippen molar-refractivity contribution in [3.63, 3.8) is 0 Å². The maximum Gasteiger partial charge on any atom is 0.188 e. The second-order valence-corrected chi connectivity index (χ2v) is 4.43. The molecular weight excluding hydrogens is 178 g/mol. The van der Waals surface area contributed by atoms with Gasteiger partial charge in [0.15, 0.2) is 6.73 Å². The fraction of sp³-hybridized carbons (Fsp3) is 0.900. The van der Waals surface area contributed by atoms with Gasteiger partial charge >= 0.3 is 0 Å². The second kappa shape index (κ2) is 4.17. The first-order chi connectivity index (χ1) is 6.85. The van der Waals surface area contributed by atoms with Crippen molar-refractivity contribution in [2.75, 3.05) is 13.3 Å². The molecule has 0 unspecified atom stereocenters. The molecule has 1 fully saturated rings. The zero-order valence-corrected chi connectivity index (χ0v) is 8.59. The monoisotopic (exact) mass is 197 g/mol. The van der Waals surface area contributed by atoms with Crippen LogP contribution in [-0.4, -0.2) is 19.1 Å². The number of oxime groups is 1. The Labute approximate surface area is 84.9 Å². The van der Waals surface area contributed by atoms with Crippen molar-refractivity contribution in [3.8, 4) is 0 Å². The van der Waals surface area contributed by atoms with Gasteiger partial charge in [-0.25, -0.2) is 0 Å². The zero-order chi connectivity index (χ0) is 9.86. The van der Waals surface area contributed by atoms with Gasteiger partial charge in [0.2, 0.25) is 0 Å². The van der Waals surface area contributed by atoms with E-state index >= 15 is 0 Å². The van der Waals surface area contributed by atoms with E-state index in [1.165, 1.54) is 32.1 Å². The zero-order valence-electron chi connectivity index (χ0n) is 8.59. The molecule has 2 aliphatic rings. The SMILES string of the molecule is NCC1(CC2=NOCN2)CCCCC1. The maximum absolute atomic E-state index is 5.89. The highest BCUT2D eigenvalue weighted by atomic mass is 16.6. The summed E-state index contributed by atoms with van der Waals surface area (Å²) in [5.41, 5.74) is 6.18. The summed E-state index contributed by atoms with van der Waals surface area (Å²) < 4.78 is 0. The minimum absolute atomic E-state index is 0.289. The summed E-state index contributed by atoms with van der Waals surface area (Å²) in [7, 11) is 0. The highest BCUT2D eigenvalue weighted by molar-refractivity contribution is 5.83. The van der Waals surface area contributed by atoms with Crippen molar-refractivity contribution < 1.29 is 4.84 Å². The lowest BCUT2D eigenvalue weighted by molar-refractivity contribution is 0.164. The molecule has 0 amide bonds. The molecule has 1 heterocycles. The Balaban J connectivity index is 1.96. The van der Waals surface area contributed by atoms with Gasteiger partial charge in [-0.3, -0.25) is 0 Å². The molecular formula is C10H19N3O. The van der Waals surface area contributed by atoms with Gasteiger partial charge in [0, 0.05) is 6.42 Å². The fourth-order valence-electron chi connectivity index (χ4n) is 2.46. The summed E-state index contributed by atoms with van der Waals surface area (Å²) in [6.07, 6.45) is 7.42. The van der Waals surface area contributed by atoms with Crippen molar-refractivity contribution in [2.45, 2.75) is 38.5 Å². The molecule has 3 N–H and O–H groups in total. The molecule has 14 heavy (non-hydrogen) atoms. The third kappa shape index (κ3) is 2.00. The number of nitrogens with two attached hydrogens (primary N) is 1. The van der Waals surface area contributed by atoms with E-state index in [0.29, 0.717) is 6.73 Å². The first-order valence-corrected chi connectivity index (χ1v) is 5.47. The number of hydrogen-bond donors (Lipinski definition) is 2. The van der Waals surface area contributed by atoms with Crippen molar-refractivity contribution in [1.82, 2.24) is 5.32 Å². The first-order valence-electron chi connectivity index (χ1n) is 5.47. The summed E-state index contributed by atoms with van der Waals surface area (Å²) in [6, 6.07) is 0. The summed E-state index contributed by atoms with van der Waals surface area (Å²) in [6.45, 7) is 1.30. The van der Waals surface area contributed by atoms with Crippen molar-refractivity contribution >= 4 is 5.84 Å². The Morgan fingerprint density at radius 1 is 1.36 bits per heavy atom. The summed E-state index contributed by atoms with van der Waals surface area (Å²) >= 11 is 0. The molecule has 1 saturated carbocycles. The molecule has 4 heteroatoms. The summed E-state index contributed by atoms with van der Waals surface area (Å²) in [5.74, 6) is 0.984. The van der Waals surface area contributed by atoms with E-state index in [2.05, 4.69) is 10.5 Å². The minimum atomic E-state index is 0.289. The Hall–Kier alpha value is -0.770. The molecule has 0 saturated heterocycles. The fourth-order valence-corrected chi connectivity index (χ4v) is 2.46. The van der Waals surface area contributed by atoms with Gasteiger partial charge in [0.25, 0.3) is 0 Å². The van der Waals surface area contributed by atoms with Crippen molar-refractivity contribution in [1.29, 1.82) is 0 Å². The third-order valence-electron chi connectivity index (χ3n) is 3.41. The molecule has 0 radical (unpaired) electrons. The van der Waals surface area contributed by atoms with Gasteiger partial charge in [0.05, 0.1) is 0 Å². The summed E-state index contributed by atoms with van der Waals surface area (Å²) in [5, 5.41) is 7.11. The molecule has 0 spiro atoms. The van der Waals surface area contributed by atoms with Crippen LogP contribution in [-0.2, 0) is 4.84 Å². The first kappa shape index (κ1) is 9.77. The molecule has 4 nitrogen and oxygen atoms in total. The smallest absolute Gasteiger partial charge is 0.188 e. The lowest BCUT2D eigenvalue weighted by Crippen LogP contribution is -2.37. The molecule has 1 aliphatic heterocycles. The number of rotatable bonds is 3. The average molecular weight is 197 g/mol. The maximum atomic E-state index is 5.89. The average Bonchev–Trinajstić information content (AvgIpc) is 2.72. The van der Waals surface area contributed by atoms with Crippen LogP contribution in [0.1, 0.15) is 38.5 Å². The molecule has 0 bridgehead atoms. The molecule has 1 aliphatic carbocycles. The Bertz CT molecular complexity index is 221. The van der Waals surface area contributed by atoms with Crippen LogP contribution in [0.2, 0.25) is 0 Å². The lowest BCUT2D eigenvalue weighted by atomic mass is 9.71. The van der Waals surface area contributed by atoms with Crippen LogP contribution in [0.15, 0.2) is 5.16 Å². The van der Waals surface area contributed by atoms with Crippen LogP contribution in [0, 0.1) is 5.41 Å². The molecule has 0 aromatic rings. The van der Waals surface area contributed by atoms with E-state index in [1.54, 1.807) is 0 Å².